The van der Waals surface area contributed by atoms with E-state index in [0.29, 0.717) is 6.54 Å². The summed E-state index contributed by atoms with van der Waals surface area (Å²) < 4.78 is 5.26. The van der Waals surface area contributed by atoms with Crippen molar-refractivity contribution < 1.29 is 9.21 Å². The maximum absolute atomic E-state index is 11.7. The summed E-state index contributed by atoms with van der Waals surface area (Å²) in [4.78, 5) is 17.5. The Hall–Kier alpha value is -3.45. The lowest BCUT2D eigenvalue weighted by Gasteiger charge is -2.10. The fraction of sp³-hybridized carbons (Fsp3) is 0.150. The van der Waals surface area contributed by atoms with Gasteiger partial charge in [-0.3, -0.25) is 10.2 Å². The second-order valence-corrected chi connectivity index (χ2v) is 6.22. The summed E-state index contributed by atoms with van der Waals surface area (Å²) in [6.07, 6.45) is 4.80. The molecule has 7 heteroatoms. The van der Waals surface area contributed by atoms with Crippen LogP contribution in [0.2, 0.25) is 0 Å². The van der Waals surface area contributed by atoms with Crippen molar-refractivity contribution >= 4 is 23.5 Å². The summed E-state index contributed by atoms with van der Waals surface area (Å²) in [6.45, 7) is 0.350. The summed E-state index contributed by atoms with van der Waals surface area (Å²) >= 11 is 0. The minimum absolute atomic E-state index is 0.0446. The summed E-state index contributed by atoms with van der Waals surface area (Å²) in [7, 11) is 3.71. The number of hydrazone groups is 1. The van der Waals surface area contributed by atoms with E-state index in [4.69, 9.17) is 4.42 Å². The van der Waals surface area contributed by atoms with Crippen molar-refractivity contribution in [2.75, 3.05) is 31.4 Å². The molecule has 0 saturated carbocycles. The van der Waals surface area contributed by atoms with E-state index in [-0.39, 0.29) is 5.91 Å². The summed E-state index contributed by atoms with van der Waals surface area (Å²) in [5.41, 5.74) is 6.48. The summed E-state index contributed by atoms with van der Waals surface area (Å²) in [6, 6.07) is 15.2. The van der Waals surface area contributed by atoms with Gasteiger partial charge < -0.3 is 14.6 Å². The Morgan fingerprint density at radius 3 is 2.44 bits per heavy atom. The van der Waals surface area contributed by atoms with Crippen molar-refractivity contribution in [1.29, 1.82) is 0 Å². The van der Waals surface area contributed by atoms with Crippen molar-refractivity contribution in [1.82, 2.24) is 9.88 Å². The van der Waals surface area contributed by atoms with Gasteiger partial charge in [0.2, 0.25) is 5.91 Å². The Bertz CT molecular complexity index is 885. The normalized spacial score (nSPS) is 11.1. The SMILES string of the molecule is CN(C)CC(=O)Nc1ccc(/C=N/Nc2ccc(-c3cnco3)cc2)cc1. The van der Waals surface area contributed by atoms with E-state index in [2.05, 4.69) is 20.8 Å². The predicted octanol–water partition coefficient (Wildman–Crippen LogP) is 3.29. The highest BCUT2D eigenvalue weighted by molar-refractivity contribution is 5.92. The van der Waals surface area contributed by atoms with Crippen LogP contribution in [0.25, 0.3) is 11.3 Å². The number of hydrogen-bond donors (Lipinski definition) is 2. The molecule has 0 saturated heterocycles. The molecule has 1 aromatic heterocycles. The van der Waals surface area contributed by atoms with Crippen LogP contribution >= 0.6 is 0 Å². The molecular weight excluding hydrogens is 342 g/mol. The molecule has 0 atom stereocenters. The first-order valence-corrected chi connectivity index (χ1v) is 8.43. The highest BCUT2D eigenvalue weighted by Crippen LogP contribution is 2.20. The van der Waals surface area contributed by atoms with Crippen LogP contribution in [0, 0.1) is 0 Å². The maximum atomic E-state index is 11.7. The second-order valence-electron chi connectivity index (χ2n) is 6.22. The van der Waals surface area contributed by atoms with E-state index in [0.717, 1.165) is 28.3 Å². The number of amides is 1. The minimum Gasteiger partial charge on any atom is -0.444 e. The van der Waals surface area contributed by atoms with Gasteiger partial charge in [0.1, 0.15) is 0 Å². The first-order valence-electron chi connectivity index (χ1n) is 8.43. The van der Waals surface area contributed by atoms with Crippen molar-refractivity contribution in [2.45, 2.75) is 0 Å². The van der Waals surface area contributed by atoms with Gasteiger partial charge in [0.05, 0.1) is 24.6 Å². The first-order chi connectivity index (χ1) is 13.1. The van der Waals surface area contributed by atoms with E-state index >= 15 is 0 Å². The van der Waals surface area contributed by atoms with E-state index in [1.165, 1.54) is 6.39 Å². The molecule has 2 N–H and O–H groups in total. The molecule has 0 aliphatic rings. The largest absolute Gasteiger partial charge is 0.444 e. The molecule has 3 rings (SSSR count). The number of anilines is 2. The van der Waals surface area contributed by atoms with Crippen LogP contribution in [-0.4, -0.2) is 42.6 Å². The van der Waals surface area contributed by atoms with Gasteiger partial charge >= 0.3 is 0 Å². The van der Waals surface area contributed by atoms with Crippen LogP contribution in [0.5, 0.6) is 0 Å². The summed E-state index contributed by atoms with van der Waals surface area (Å²) in [5.74, 6) is 0.680. The molecule has 0 radical (unpaired) electrons. The molecule has 0 spiro atoms. The Morgan fingerprint density at radius 2 is 1.81 bits per heavy atom. The van der Waals surface area contributed by atoms with Crippen molar-refractivity contribution in [2.24, 2.45) is 5.10 Å². The lowest BCUT2D eigenvalue weighted by atomic mass is 10.2. The fourth-order valence-electron chi connectivity index (χ4n) is 2.39. The number of nitrogens with one attached hydrogen (secondary N) is 2. The number of hydrogen-bond acceptors (Lipinski definition) is 6. The van der Waals surface area contributed by atoms with Gasteiger partial charge in [-0.2, -0.15) is 5.10 Å². The highest BCUT2D eigenvalue weighted by atomic mass is 16.3. The van der Waals surface area contributed by atoms with Gasteiger partial charge in [0.15, 0.2) is 12.2 Å². The zero-order valence-corrected chi connectivity index (χ0v) is 15.2. The molecule has 3 aromatic rings. The van der Waals surface area contributed by atoms with Gasteiger partial charge in [0, 0.05) is 11.3 Å². The van der Waals surface area contributed by atoms with E-state index in [1.54, 1.807) is 12.4 Å². The monoisotopic (exact) mass is 363 g/mol. The third kappa shape index (κ3) is 5.52. The predicted molar refractivity (Wildman–Crippen MR) is 107 cm³/mol. The molecule has 0 fully saturated rings. The van der Waals surface area contributed by atoms with Gasteiger partial charge in [-0.05, 0) is 56.1 Å². The van der Waals surface area contributed by atoms with Crippen molar-refractivity contribution in [3.05, 3.63) is 66.7 Å². The number of oxazole rings is 1. The standard InChI is InChI=1S/C20H21N5O2/c1-25(2)13-20(26)23-17-7-3-15(4-8-17)11-22-24-18-9-5-16(6-10-18)19-12-21-14-27-19/h3-12,14,24H,13H2,1-2H3,(H,23,26)/b22-11+. The Kier molecular flexibility index (Phi) is 5.96. The second kappa shape index (κ2) is 8.77. The smallest absolute Gasteiger partial charge is 0.238 e. The Morgan fingerprint density at radius 1 is 1.11 bits per heavy atom. The Labute approximate surface area is 157 Å². The molecule has 1 amide bonds. The molecule has 138 valence electrons. The molecule has 7 nitrogen and oxygen atoms in total. The topological polar surface area (TPSA) is 82.8 Å². The zero-order valence-electron chi connectivity index (χ0n) is 15.2. The van der Waals surface area contributed by atoms with Crippen LogP contribution in [0.3, 0.4) is 0 Å². The number of carbonyl (C=O) groups is 1. The van der Waals surface area contributed by atoms with Gasteiger partial charge in [-0.1, -0.05) is 12.1 Å². The van der Waals surface area contributed by atoms with E-state index < -0.39 is 0 Å². The molecular formula is C20H21N5O2. The minimum atomic E-state index is -0.0446. The number of carbonyl (C=O) groups excluding carboxylic acids is 1. The molecule has 1 heterocycles. The van der Waals surface area contributed by atoms with Gasteiger partial charge in [0.25, 0.3) is 0 Å². The molecule has 27 heavy (non-hydrogen) atoms. The van der Waals surface area contributed by atoms with Crippen LogP contribution in [0.1, 0.15) is 5.56 Å². The number of aromatic nitrogens is 1. The third-order valence-electron chi connectivity index (χ3n) is 3.66. The molecule has 0 aliphatic carbocycles. The maximum Gasteiger partial charge on any atom is 0.238 e. The van der Waals surface area contributed by atoms with Gasteiger partial charge in [-0.25, -0.2) is 4.98 Å². The van der Waals surface area contributed by atoms with Crippen LogP contribution < -0.4 is 10.7 Å². The average Bonchev–Trinajstić information content (AvgIpc) is 3.18. The fourth-order valence-corrected chi connectivity index (χ4v) is 2.39. The quantitative estimate of drug-likeness (QED) is 0.497. The lowest BCUT2D eigenvalue weighted by molar-refractivity contribution is -0.116. The van der Waals surface area contributed by atoms with Crippen LogP contribution in [0.4, 0.5) is 11.4 Å². The number of likely N-dealkylation sites (N-methyl/N-ethyl adjacent to an activating group) is 1. The first kappa shape index (κ1) is 18.3. The van der Waals surface area contributed by atoms with Gasteiger partial charge in [-0.15, -0.1) is 0 Å². The average molecular weight is 363 g/mol. The summed E-state index contributed by atoms with van der Waals surface area (Å²) in [5, 5.41) is 7.08. The molecule has 0 unspecified atom stereocenters. The zero-order chi connectivity index (χ0) is 19.1. The lowest BCUT2D eigenvalue weighted by Crippen LogP contribution is -2.27. The molecule has 0 bridgehead atoms. The highest BCUT2D eigenvalue weighted by Gasteiger charge is 2.03. The third-order valence-corrected chi connectivity index (χ3v) is 3.66. The van der Waals surface area contributed by atoms with Crippen molar-refractivity contribution in [3.63, 3.8) is 0 Å². The number of benzene rings is 2. The Balaban J connectivity index is 1.53. The molecule has 0 aliphatic heterocycles. The number of nitrogens with zero attached hydrogens (tertiary/aromatic N) is 3. The van der Waals surface area contributed by atoms with Crippen LogP contribution in [0.15, 0.2) is 70.6 Å². The van der Waals surface area contributed by atoms with Crippen molar-refractivity contribution in [3.8, 4) is 11.3 Å². The van der Waals surface area contributed by atoms with Crippen LogP contribution in [-0.2, 0) is 4.79 Å². The van der Waals surface area contributed by atoms with E-state index in [1.807, 2.05) is 67.5 Å². The van der Waals surface area contributed by atoms with E-state index in [9.17, 15) is 4.79 Å². The molecule has 2 aromatic carbocycles. The number of rotatable bonds is 7.